The molecule has 5 rings (SSSR count). The fourth-order valence-electron chi connectivity index (χ4n) is 3.96. The highest BCUT2D eigenvalue weighted by Crippen LogP contribution is 2.32. The summed E-state index contributed by atoms with van der Waals surface area (Å²) >= 11 is 1.59. The highest BCUT2D eigenvalue weighted by Gasteiger charge is 2.31. The van der Waals surface area contributed by atoms with Crippen LogP contribution in [0.4, 0.5) is 18.9 Å². The van der Waals surface area contributed by atoms with Gasteiger partial charge in [0.05, 0.1) is 21.5 Å². The second-order valence-corrected chi connectivity index (χ2v) is 9.45. The van der Waals surface area contributed by atoms with Crippen LogP contribution in [-0.2, 0) is 12.6 Å². The van der Waals surface area contributed by atoms with E-state index in [1.165, 1.54) is 6.07 Å². The van der Waals surface area contributed by atoms with Crippen molar-refractivity contribution in [2.45, 2.75) is 26.4 Å². The molecule has 5 aromatic rings. The van der Waals surface area contributed by atoms with Crippen LogP contribution in [0.25, 0.3) is 21.6 Å². The van der Waals surface area contributed by atoms with Crippen LogP contribution >= 0.6 is 11.3 Å². The Bertz CT molecular complexity index is 1570. The number of hydrogen-bond donors (Lipinski definition) is 2. The first kappa shape index (κ1) is 23.7. The maximum atomic E-state index is 13.1. The minimum atomic E-state index is -4.49. The first-order chi connectivity index (χ1) is 17.2. The van der Waals surface area contributed by atoms with Crippen molar-refractivity contribution in [2.24, 2.45) is 0 Å². The standard InChI is InChI=1S/C27H21F3N4OS/c1-15-5-7-17(26(35)33-21-14-19(27(28,29)30)8-6-16(21)2)12-18(15)13-23-32-20-9-10-31-24(20)25(34-23)22-4-3-11-36-22/h3-12,14,31H,13H2,1-2H3,(H,33,35). The molecule has 0 spiro atoms. The number of hydrogen-bond acceptors (Lipinski definition) is 4. The van der Waals surface area contributed by atoms with Crippen molar-refractivity contribution in [1.29, 1.82) is 0 Å². The number of carbonyl (C=O) groups is 1. The lowest BCUT2D eigenvalue weighted by Crippen LogP contribution is -2.15. The molecule has 0 aliphatic heterocycles. The van der Waals surface area contributed by atoms with Gasteiger partial charge in [-0.1, -0.05) is 18.2 Å². The van der Waals surface area contributed by atoms with Gasteiger partial charge in [0.1, 0.15) is 11.5 Å². The predicted molar refractivity (Wildman–Crippen MR) is 135 cm³/mol. The van der Waals surface area contributed by atoms with Gasteiger partial charge in [-0.05, 0) is 72.3 Å². The summed E-state index contributed by atoms with van der Waals surface area (Å²) in [4.78, 5) is 26.7. The number of nitrogens with one attached hydrogen (secondary N) is 2. The molecule has 36 heavy (non-hydrogen) atoms. The zero-order valence-electron chi connectivity index (χ0n) is 19.4. The summed E-state index contributed by atoms with van der Waals surface area (Å²) < 4.78 is 39.4. The molecule has 0 radical (unpaired) electrons. The largest absolute Gasteiger partial charge is 0.416 e. The quantitative estimate of drug-likeness (QED) is 0.266. The summed E-state index contributed by atoms with van der Waals surface area (Å²) in [7, 11) is 0. The molecular formula is C27H21F3N4OS. The number of rotatable bonds is 5. The third-order valence-electron chi connectivity index (χ3n) is 5.98. The molecule has 0 fully saturated rings. The van der Waals surface area contributed by atoms with Crippen LogP contribution in [0.2, 0.25) is 0 Å². The van der Waals surface area contributed by atoms with Gasteiger partial charge >= 0.3 is 6.18 Å². The number of amides is 1. The van der Waals surface area contributed by atoms with E-state index in [1.54, 1.807) is 30.4 Å². The maximum Gasteiger partial charge on any atom is 0.416 e. The number of anilines is 1. The van der Waals surface area contributed by atoms with Gasteiger partial charge in [0.15, 0.2) is 0 Å². The lowest BCUT2D eigenvalue weighted by atomic mass is 10.0. The fourth-order valence-corrected chi connectivity index (χ4v) is 4.68. The summed E-state index contributed by atoms with van der Waals surface area (Å²) in [5.74, 6) is 0.125. The van der Waals surface area contributed by atoms with Crippen LogP contribution in [0.15, 0.2) is 66.2 Å². The van der Waals surface area contributed by atoms with Gasteiger partial charge in [-0.15, -0.1) is 11.3 Å². The Balaban J connectivity index is 1.44. The second kappa shape index (κ2) is 9.23. The van der Waals surface area contributed by atoms with Crippen LogP contribution in [0.1, 0.15) is 38.4 Å². The van der Waals surface area contributed by atoms with E-state index < -0.39 is 17.6 Å². The Kier molecular flexibility index (Phi) is 6.09. The van der Waals surface area contributed by atoms with E-state index in [0.717, 1.165) is 44.9 Å². The first-order valence-electron chi connectivity index (χ1n) is 11.2. The molecule has 2 aromatic carbocycles. The van der Waals surface area contributed by atoms with Crippen LogP contribution in [0.5, 0.6) is 0 Å². The highest BCUT2D eigenvalue weighted by atomic mass is 32.1. The normalized spacial score (nSPS) is 11.7. The Labute approximate surface area is 209 Å². The molecule has 5 nitrogen and oxygen atoms in total. The van der Waals surface area contributed by atoms with E-state index in [4.69, 9.17) is 4.98 Å². The number of aryl methyl sites for hydroxylation is 2. The molecule has 0 saturated carbocycles. The number of aromatic nitrogens is 3. The third kappa shape index (κ3) is 4.74. The third-order valence-corrected chi connectivity index (χ3v) is 6.86. The number of H-pyrrole nitrogens is 1. The van der Waals surface area contributed by atoms with Gasteiger partial charge < -0.3 is 10.3 Å². The predicted octanol–water partition coefficient (Wildman–Crippen LogP) is 7.17. The molecule has 0 aliphatic rings. The number of benzene rings is 2. The van der Waals surface area contributed by atoms with Gasteiger partial charge in [-0.3, -0.25) is 4.79 Å². The number of aromatic amines is 1. The number of nitrogens with zero attached hydrogens (tertiary/aromatic N) is 2. The first-order valence-corrected chi connectivity index (χ1v) is 12.0. The van der Waals surface area contributed by atoms with E-state index in [9.17, 15) is 18.0 Å². The SMILES string of the molecule is Cc1ccc(C(=O)Nc2cc(C(F)(F)F)ccc2C)cc1Cc1nc(-c2cccs2)c2[nH]ccc2n1. The maximum absolute atomic E-state index is 13.1. The van der Waals surface area contributed by atoms with Crippen molar-refractivity contribution < 1.29 is 18.0 Å². The number of carbonyl (C=O) groups excluding carboxylic acids is 1. The molecule has 3 aromatic heterocycles. The Morgan fingerprint density at radius 2 is 1.83 bits per heavy atom. The fraction of sp³-hybridized carbons (Fsp3) is 0.148. The lowest BCUT2D eigenvalue weighted by molar-refractivity contribution is -0.137. The molecule has 0 unspecified atom stereocenters. The van der Waals surface area contributed by atoms with Crippen molar-refractivity contribution >= 4 is 34.0 Å². The number of halogens is 3. The van der Waals surface area contributed by atoms with E-state index in [1.807, 2.05) is 42.8 Å². The molecule has 1 amide bonds. The van der Waals surface area contributed by atoms with E-state index >= 15 is 0 Å². The molecule has 0 bridgehead atoms. The van der Waals surface area contributed by atoms with E-state index in [-0.39, 0.29) is 5.69 Å². The van der Waals surface area contributed by atoms with Crippen molar-refractivity contribution in [2.75, 3.05) is 5.32 Å². The van der Waals surface area contributed by atoms with Gasteiger partial charge in [-0.2, -0.15) is 13.2 Å². The van der Waals surface area contributed by atoms with Gasteiger partial charge in [0.25, 0.3) is 5.91 Å². The van der Waals surface area contributed by atoms with Crippen molar-refractivity contribution in [3.8, 4) is 10.6 Å². The zero-order valence-corrected chi connectivity index (χ0v) is 20.2. The Hall–Kier alpha value is -3.98. The van der Waals surface area contributed by atoms with E-state index in [2.05, 4.69) is 15.3 Å². The highest BCUT2D eigenvalue weighted by molar-refractivity contribution is 7.13. The van der Waals surface area contributed by atoms with Gasteiger partial charge in [-0.25, -0.2) is 9.97 Å². The van der Waals surface area contributed by atoms with Crippen molar-refractivity contribution in [1.82, 2.24) is 15.0 Å². The number of thiophene rings is 1. The van der Waals surface area contributed by atoms with Crippen molar-refractivity contribution in [3.05, 3.63) is 99.8 Å². The smallest absolute Gasteiger partial charge is 0.358 e. The van der Waals surface area contributed by atoms with Crippen LogP contribution < -0.4 is 5.32 Å². The topological polar surface area (TPSA) is 70.7 Å². The zero-order chi connectivity index (χ0) is 25.4. The molecule has 0 saturated heterocycles. The molecule has 3 heterocycles. The molecule has 0 atom stereocenters. The molecule has 2 N–H and O–H groups in total. The summed E-state index contributed by atoms with van der Waals surface area (Å²) in [5, 5.41) is 4.62. The molecule has 9 heteroatoms. The van der Waals surface area contributed by atoms with E-state index in [0.29, 0.717) is 23.4 Å². The average Bonchev–Trinajstić information content (AvgIpc) is 3.53. The van der Waals surface area contributed by atoms with Gasteiger partial charge in [0, 0.05) is 23.9 Å². The Morgan fingerprint density at radius 1 is 1.03 bits per heavy atom. The monoisotopic (exact) mass is 506 g/mol. The molecule has 0 aliphatic carbocycles. The molecular weight excluding hydrogens is 485 g/mol. The second-order valence-electron chi connectivity index (χ2n) is 8.50. The van der Waals surface area contributed by atoms with Crippen LogP contribution in [0.3, 0.4) is 0 Å². The summed E-state index contributed by atoms with van der Waals surface area (Å²) in [6.45, 7) is 3.58. The number of alkyl halides is 3. The minimum Gasteiger partial charge on any atom is -0.358 e. The van der Waals surface area contributed by atoms with Crippen molar-refractivity contribution in [3.63, 3.8) is 0 Å². The van der Waals surface area contributed by atoms with Crippen LogP contribution in [-0.4, -0.2) is 20.9 Å². The lowest BCUT2D eigenvalue weighted by Gasteiger charge is -2.14. The summed E-state index contributed by atoms with van der Waals surface area (Å²) in [6, 6.07) is 14.4. The summed E-state index contributed by atoms with van der Waals surface area (Å²) in [6.07, 6.45) is -2.27. The average molecular weight is 507 g/mol. The Morgan fingerprint density at radius 3 is 2.58 bits per heavy atom. The minimum absolute atomic E-state index is 0.124. The van der Waals surface area contributed by atoms with Crippen LogP contribution in [0, 0.1) is 13.8 Å². The summed E-state index contributed by atoms with van der Waals surface area (Å²) in [5.41, 5.74) is 4.49. The van der Waals surface area contributed by atoms with Gasteiger partial charge in [0.2, 0.25) is 0 Å². The molecule has 182 valence electrons. The number of fused-ring (bicyclic) bond motifs is 1.